The highest BCUT2D eigenvalue weighted by Gasteiger charge is 2.36. The molecular weight excluding hydrogens is 332 g/mol. The van der Waals surface area contributed by atoms with Gasteiger partial charge >= 0.3 is 0 Å². The molecule has 1 fully saturated rings. The lowest BCUT2D eigenvalue weighted by Crippen LogP contribution is -2.29. The van der Waals surface area contributed by atoms with Gasteiger partial charge in [0.1, 0.15) is 10.6 Å². The summed E-state index contributed by atoms with van der Waals surface area (Å²) in [6, 6.07) is 12.2. The third kappa shape index (κ3) is 3.52. The van der Waals surface area contributed by atoms with Crippen LogP contribution in [0.2, 0.25) is 0 Å². The van der Waals surface area contributed by atoms with Gasteiger partial charge in [-0.05, 0) is 29.5 Å². The van der Waals surface area contributed by atoms with E-state index in [0.717, 1.165) is 0 Å². The second kappa shape index (κ2) is 7.81. The number of hydrogen-bond acceptors (Lipinski definition) is 4. The number of carbonyl (C=O) groups excluding carboxylic acids is 1. The van der Waals surface area contributed by atoms with Crippen LogP contribution in [0.1, 0.15) is 21.2 Å². The van der Waals surface area contributed by atoms with Gasteiger partial charge in [0.15, 0.2) is 0 Å². The third-order valence-electron chi connectivity index (χ3n) is 4.30. The number of nitrogens with two attached hydrogens (primary N) is 1. The number of hydrogen-bond donors (Lipinski definition) is 1. The molecule has 2 N–H and O–H groups in total. The average molecular weight is 353 g/mol. The van der Waals surface area contributed by atoms with Crippen LogP contribution in [0.5, 0.6) is 5.75 Å². The monoisotopic (exact) mass is 352 g/mol. The van der Waals surface area contributed by atoms with Crippen LogP contribution in [-0.2, 0) is 0 Å². The van der Waals surface area contributed by atoms with Gasteiger partial charge in [0, 0.05) is 19.0 Å². The minimum absolute atomic E-state index is 0. The topological polar surface area (TPSA) is 55.6 Å². The van der Waals surface area contributed by atoms with Gasteiger partial charge in [-0.25, -0.2) is 0 Å². The molecule has 1 aromatic heterocycles. The third-order valence-corrected chi connectivity index (χ3v) is 5.19. The Morgan fingerprint density at radius 2 is 2.04 bits per heavy atom. The number of rotatable bonds is 4. The van der Waals surface area contributed by atoms with Crippen LogP contribution in [-0.4, -0.2) is 37.6 Å². The van der Waals surface area contributed by atoms with E-state index in [1.807, 2.05) is 34.5 Å². The zero-order chi connectivity index (χ0) is 15.5. The Balaban J connectivity index is 0.00000192. The minimum Gasteiger partial charge on any atom is -0.495 e. The van der Waals surface area contributed by atoms with Crippen molar-refractivity contribution in [2.24, 2.45) is 11.7 Å². The van der Waals surface area contributed by atoms with Crippen LogP contribution in [0, 0.1) is 5.92 Å². The van der Waals surface area contributed by atoms with Crippen molar-refractivity contribution in [2.75, 3.05) is 26.7 Å². The van der Waals surface area contributed by atoms with Crippen LogP contribution in [0.25, 0.3) is 0 Å². The van der Waals surface area contributed by atoms with Crippen molar-refractivity contribution >= 4 is 29.7 Å². The van der Waals surface area contributed by atoms with E-state index in [1.54, 1.807) is 7.11 Å². The van der Waals surface area contributed by atoms with Crippen LogP contribution in [0.3, 0.4) is 0 Å². The summed E-state index contributed by atoms with van der Waals surface area (Å²) in [7, 11) is 1.60. The Hall–Kier alpha value is -1.56. The van der Waals surface area contributed by atoms with Crippen molar-refractivity contribution in [3.05, 3.63) is 52.2 Å². The number of amides is 1. The summed E-state index contributed by atoms with van der Waals surface area (Å²) in [5.41, 5.74) is 7.19. The molecule has 23 heavy (non-hydrogen) atoms. The smallest absolute Gasteiger partial charge is 0.267 e. The lowest BCUT2D eigenvalue weighted by atomic mass is 9.89. The first-order chi connectivity index (χ1) is 10.7. The second-order valence-electron chi connectivity index (χ2n) is 5.54. The molecule has 4 nitrogen and oxygen atoms in total. The molecule has 1 amide bonds. The Bertz CT molecular complexity index is 647. The molecule has 0 aliphatic carbocycles. The molecule has 0 radical (unpaired) electrons. The quantitative estimate of drug-likeness (QED) is 0.920. The predicted octanol–water partition coefficient (Wildman–Crippen LogP) is 2.99. The molecule has 0 bridgehead atoms. The van der Waals surface area contributed by atoms with Crippen molar-refractivity contribution in [2.45, 2.75) is 5.92 Å². The summed E-state index contributed by atoms with van der Waals surface area (Å²) < 4.78 is 5.27. The summed E-state index contributed by atoms with van der Waals surface area (Å²) in [4.78, 5) is 15.3. The standard InChI is InChI=1S/C17H20N2O2S.ClH/c1-21-15-7-8-22-16(15)17(20)19-10-13(9-18)14(11-19)12-5-3-2-4-6-12;/h2-8,13-14H,9-11,18H2,1H3;1H/t13-,14+;/m1./s1. The van der Waals surface area contributed by atoms with E-state index in [9.17, 15) is 4.79 Å². The van der Waals surface area contributed by atoms with Gasteiger partial charge < -0.3 is 15.4 Å². The van der Waals surface area contributed by atoms with Crippen LogP contribution in [0.15, 0.2) is 41.8 Å². The first-order valence-corrected chi connectivity index (χ1v) is 8.28. The molecule has 1 aliphatic heterocycles. The van der Waals surface area contributed by atoms with Gasteiger partial charge in [-0.1, -0.05) is 30.3 Å². The molecular formula is C17H21ClN2O2S. The fourth-order valence-electron chi connectivity index (χ4n) is 3.11. The number of ether oxygens (including phenoxy) is 1. The highest BCUT2D eigenvalue weighted by molar-refractivity contribution is 7.12. The molecule has 1 saturated heterocycles. The number of benzene rings is 1. The lowest BCUT2D eigenvalue weighted by Gasteiger charge is -2.16. The van der Waals surface area contributed by atoms with E-state index in [1.165, 1.54) is 16.9 Å². The Kier molecular flexibility index (Phi) is 6.04. The summed E-state index contributed by atoms with van der Waals surface area (Å²) in [6.07, 6.45) is 0. The van der Waals surface area contributed by atoms with Crippen molar-refractivity contribution in [1.82, 2.24) is 4.90 Å². The van der Waals surface area contributed by atoms with Gasteiger partial charge in [-0.15, -0.1) is 23.7 Å². The van der Waals surface area contributed by atoms with Gasteiger partial charge in [-0.2, -0.15) is 0 Å². The number of carbonyl (C=O) groups is 1. The van der Waals surface area contributed by atoms with Crippen molar-refractivity contribution < 1.29 is 9.53 Å². The van der Waals surface area contributed by atoms with E-state index in [2.05, 4.69) is 12.1 Å². The largest absolute Gasteiger partial charge is 0.495 e. The number of halogens is 1. The highest BCUT2D eigenvalue weighted by atomic mass is 35.5. The number of thiophene rings is 1. The molecule has 0 saturated carbocycles. The van der Waals surface area contributed by atoms with Gasteiger partial charge in [0.2, 0.25) is 0 Å². The summed E-state index contributed by atoms with van der Waals surface area (Å²) in [6.45, 7) is 2.01. The first-order valence-electron chi connectivity index (χ1n) is 7.40. The number of nitrogens with zero attached hydrogens (tertiary/aromatic N) is 1. The molecule has 2 atom stereocenters. The minimum atomic E-state index is 0. The van der Waals surface area contributed by atoms with Gasteiger partial charge in [-0.3, -0.25) is 4.79 Å². The van der Waals surface area contributed by atoms with Gasteiger partial charge in [0.05, 0.1) is 7.11 Å². The zero-order valence-corrected chi connectivity index (χ0v) is 14.6. The van der Waals surface area contributed by atoms with E-state index in [0.29, 0.717) is 42.1 Å². The van der Waals surface area contributed by atoms with Crippen LogP contribution in [0.4, 0.5) is 0 Å². The molecule has 3 rings (SSSR count). The van der Waals surface area contributed by atoms with Crippen LogP contribution < -0.4 is 10.5 Å². The summed E-state index contributed by atoms with van der Waals surface area (Å²) >= 11 is 1.43. The second-order valence-corrected chi connectivity index (χ2v) is 6.46. The molecule has 1 aromatic carbocycles. The van der Waals surface area contributed by atoms with E-state index < -0.39 is 0 Å². The summed E-state index contributed by atoms with van der Waals surface area (Å²) in [5.74, 6) is 1.31. The molecule has 6 heteroatoms. The molecule has 0 unspecified atom stereocenters. The number of methoxy groups -OCH3 is 1. The molecule has 1 aliphatic rings. The molecule has 2 heterocycles. The maximum atomic E-state index is 12.7. The van der Waals surface area contributed by atoms with Crippen molar-refractivity contribution in [3.8, 4) is 5.75 Å². The van der Waals surface area contributed by atoms with E-state index in [4.69, 9.17) is 10.5 Å². The predicted molar refractivity (Wildman–Crippen MR) is 95.7 cm³/mol. The Labute approximate surface area is 146 Å². The van der Waals surface area contributed by atoms with Crippen molar-refractivity contribution in [1.29, 1.82) is 0 Å². The number of likely N-dealkylation sites (tertiary alicyclic amines) is 1. The molecule has 0 spiro atoms. The molecule has 124 valence electrons. The van der Waals surface area contributed by atoms with Gasteiger partial charge in [0.25, 0.3) is 5.91 Å². The molecule has 2 aromatic rings. The Morgan fingerprint density at radius 1 is 1.30 bits per heavy atom. The van der Waals surface area contributed by atoms with Crippen molar-refractivity contribution in [3.63, 3.8) is 0 Å². The first kappa shape index (κ1) is 17.8. The average Bonchev–Trinajstić information content (AvgIpc) is 3.21. The maximum Gasteiger partial charge on any atom is 0.267 e. The van der Waals surface area contributed by atoms with Crippen LogP contribution >= 0.6 is 23.7 Å². The normalized spacial score (nSPS) is 20.2. The SMILES string of the molecule is COc1ccsc1C(=O)N1C[C@@H](CN)[C@H](c2ccccc2)C1.Cl. The lowest BCUT2D eigenvalue weighted by molar-refractivity contribution is 0.0788. The fourth-order valence-corrected chi connectivity index (χ4v) is 3.94. The van der Waals surface area contributed by atoms with E-state index >= 15 is 0 Å². The zero-order valence-electron chi connectivity index (χ0n) is 13.0. The fraction of sp³-hybridized carbons (Fsp3) is 0.353. The highest BCUT2D eigenvalue weighted by Crippen LogP contribution is 2.34. The maximum absolute atomic E-state index is 12.7. The Morgan fingerprint density at radius 3 is 2.70 bits per heavy atom. The summed E-state index contributed by atoms with van der Waals surface area (Å²) in [5, 5.41) is 1.89. The van der Waals surface area contributed by atoms with E-state index in [-0.39, 0.29) is 18.3 Å².